The standard InChI is InChI=1S/C15H28N3O3/c1-11(19)13(15(20)21-8)14(18(6)7)12(9-16(2)3)10-17(4)5/h9-10,13-14H,1-8H3/q+1. The molecule has 0 amide bonds. The van der Waals surface area contributed by atoms with E-state index in [0.717, 1.165) is 5.57 Å². The average Bonchev–Trinajstić information content (AvgIpc) is 2.31. The summed E-state index contributed by atoms with van der Waals surface area (Å²) in [7, 11) is 12.6. The SMILES string of the molecule is COC(=O)C(C(C)=O)C(/C(C=[N+](C)C)=C/N(C)C)N(C)C. The zero-order valence-electron chi connectivity index (χ0n) is 14.4. The Morgan fingerprint density at radius 2 is 1.67 bits per heavy atom. The van der Waals surface area contributed by atoms with E-state index < -0.39 is 11.9 Å². The van der Waals surface area contributed by atoms with E-state index in [1.54, 1.807) is 0 Å². The summed E-state index contributed by atoms with van der Waals surface area (Å²) in [6.07, 6.45) is 3.81. The van der Waals surface area contributed by atoms with Crippen molar-refractivity contribution in [3.05, 3.63) is 11.8 Å². The van der Waals surface area contributed by atoms with Crippen molar-refractivity contribution in [3.63, 3.8) is 0 Å². The van der Waals surface area contributed by atoms with Crippen LogP contribution in [0.1, 0.15) is 6.92 Å². The lowest BCUT2D eigenvalue weighted by atomic mass is 9.89. The second-order valence-electron chi connectivity index (χ2n) is 5.71. The lowest BCUT2D eigenvalue weighted by Gasteiger charge is -2.30. The minimum absolute atomic E-state index is 0.211. The number of ketones is 1. The minimum atomic E-state index is -0.854. The first-order valence-corrected chi connectivity index (χ1v) is 6.76. The fourth-order valence-electron chi connectivity index (χ4n) is 2.22. The topological polar surface area (TPSA) is 52.9 Å². The highest BCUT2D eigenvalue weighted by atomic mass is 16.5. The molecular weight excluding hydrogens is 270 g/mol. The summed E-state index contributed by atoms with van der Waals surface area (Å²) >= 11 is 0. The number of hydrogen-bond acceptors (Lipinski definition) is 5. The molecule has 6 nitrogen and oxygen atoms in total. The molecule has 0 rings (SSSR count). The molecule has 0 saturated heterocycles. The van der Waals surface area contributed by atoms with Crippen molar-refractivity contribution in [2.75, 3.05) is 49.4 Å². The average molecular weight is 298 g/mol. The Bertz CT molecular complexity index is 435. The molecule has 0 fully saturated rings. The van der Waals surface area contributed by atoms with Gasteiger partial charge in [0.05, 0.1) is 13.2 Å². The van der Waals surface area contributed by atoms with Gasteiger partial charge in [-0.15, -0.1) is 0 Å². The van der Waals surface area contributed by atoms with E-state index >= 15 is 0 Å². The van der Waals surface area contributed by atoms with Crippen molar-refractivity contribution in [1.29, 1.82) is 0 Å². The Balaban J connectivity index is 5.97. The molecule has 0 spiro atoms. The van der Waals surface area contributed by atoms with Crippen molar-refractivity contribution >= 4 is 18.0 Å². The van der Waals surface area contributed by atoms with Crippen LogP contribution in [-0.2, 0) is 14.3 Å². The quantitative estimate of drug-likeness (QED) is 0.288. The van der Waals surface area contributed by atoms with Gasteiger partial charge in [0.15, 0.2) is 6.21 Å². The van der Waals surface area contributed by atoms with Crippen LogP contribution in [-0.4, -0.2) is 87.8 Å². The lowest BCUT2D eigenvalue weighted by Crippen LogP contribution is -2.45. The van der Waals surface area contributed by atoms with Crippen LogP contribution in [0.25, 0.3) is 0 Å². The molecule has 0 radical (unpaired) electrons. The highest BCUT2D eigenvalue weighted by Crippen LogP contribution is 2.20. The number of likely N-dealkylation sites (N-methyl/N-ethyl adjacent to an activating group) is 1. The van der Waals surface area contributed by atoms with E-state index in [9.17, 15) is 9.59 Å². The van der Waals surface area contributed by atoms with Gasteiger partial charge in [-0.3, -0.25) is 9.59 Å². The molecule has 2 atom stereocenters. The molecule has 120 valence electrons. The van der Waals surface area contributed by atoms with Gasteiger partial charge in [0, 0.05) is 25.9 Å². The zero-order chi connectivity index (χ0) is 16.7. The van der Waals surface area contributed by atoms with Gasteiger partial charge < -0.3 is 14.5 Å². The van der Waals surface area contributed by atoms with Crippen molar-refractivity contribution in [3.8, 4) is 0 Å². The maximum absolute atomic E-state index is 12.0. The molecule has 0 aromatic heterocycles. The summed E-state index contributed by atoms with van der Waals surface area (Å²) in [6, 6.07) is -0.389. The number of carbonyl (C=O) groups excluding carboxylic acids is 2. The third-order valence-corrected chi connectivity index (χ3v) is 2.92. The van der Waals surface area contributed by atoms with Crippen molar-refractivity contribution in [2.24, 2.45) is 5.92 Å². The van der Waals surface area contributed by atoms with Crippen molar-refractivity contribution < 1.29 is 18.9 Å². The molecule has 0 aromatic rings. The number of nitrogens with zero attached hydrogens (tertiary/aromatic N) is 3. The van der Waals surface area contributed by atoms with Gasteiger partial charge in [-0.05, 0) is 21.0 Å². The van der Waals surface area contributed by atoms with Crippen molar-refractivity contribution in [2.45, 2.75) is 13.0 Å². The van der Waals surface area contributed by atoms with Crippen LogP contribution in [0, 0.1) is 5.92 Å². The minimum Gasteiger partial charge on any atom is -0.468 e. The summed E-state index contributed by atoms with van der Waals surface area (Å²) < 4.78 is 6.70. The molecule has 0 aromatic carbocycles. The van der Waals surface area contributed by atoms with E-state index in [1.165, 1.54) is 14.0 Å². The van der Waals surface area contributed by atoms with Gasteiger partial charge in [-0.2, -0.15) is 0 Å². The molecule has 0 aliphatic rings. The Hall–Kier alpha value is -1.69. The van der Waals surface area contributed by atoms with Crippen LogP contribution < -0.4 is 0 Å². The summed E-state index contributed by atoms with van der Waals surface area (Å²) in [5.74, 6) is -1.58. The first kappa shape index (κ1) is 19.3. The Morgan fingerprint density at radius 3 is 1.95 bits per heavy atom. The first-order chi connectivity index (χ1) is 9.61. The van der Waals surface area contributed by atoms with Crippen LogP contribution in [0.5, 0.6) is 0 Å². The van der Waals surface area contributed by atoms with E-state index in [4.69, 9.17) is 4.74 Å². The van der Waals surface area contributed by atoms with E-state index in [0.29, 0.717) is 0 Å². The second-order valence-corrected chi connectivity index (χ2v) is 5.71. The Labute approximate surface area is 127 Å². The third kappa shape index (κ3) is 6.08. The van der Waals surface area contributed by atoms with Crippen LogP contribution in [0.3, 0.4) is 0 Å². The second kappa shape index (κ2) is 8.56. The summed E-state index contributed by atoms with van der Waals surface area (Å²) in [5.41, 5.74) is 0.862. The molecule has 0 aliphatic heterocycles. The van der Waals surface area contributed by atoms with Crippen LogP contribution in [0.4, 0.5) is 0 Å². The van der Waals surface area contributed by atoms with Crippen LogP contribution in [0.2, 0.25) is 0 Å². The normalized spacial score (nSPS) is 14.4. The number of Topliss-reactive ketones (excluding diaryl/α,β-unsaturated/α-hetero) is 1. The van der Waals surface area contributed by atoms with Gasteiger partial charge in [0.25, 0.3) is 0 Å². The predicted octanol–water partition coefficient (Wildman–Crippen LogP) is 0.0832. The molecule has 6 heteroatoms. The largest absolute Gasteiger partial charge is 0.468 e. The first-order valence-electron chi connectivity index (χ1n) is 6.76. The number of methoxy groups -OCH3 is 1. The number of carbonyl (C=O) groups is 2. The van der Waals surface area contributed by atoms with Crippen LogP contribution >= 0.6 is 0 Å². The Kier molecular flexibility index (Phi) is 7.88. The van der Waals surface area contributed by atoms with Crippen LogP contribution in [0.15, 0.2) is 11.8 Å². The highest BCUT2D eigenvalue weighted by Gasteiger charge is 2.37. The summed E-state index contributed by atoms with van der Waals surface area (Å²) in [4.78, 5) is 27.8. The smallest absolute Gasteiger partial charge is 0.318 e. The number of ether oxygens (including phenoxy) is 1. The van der Waals surface area contributed by atoms with E-state index in [-0.39, 0.29) is 11.8 Å². The van der Waals surface area contributed by atoms with Crippen molar-refractivity contribution in [1.82, 2.24) is 9.80 Å². The molecular formula is C15H28N3O3+. The molecule has 21 heavy (non-hydrogen) atoms. The van der Waals surface area contributed by atoms with E-state index in [1.807, 2.05) is 69.1 Å². The Morgan fingerprint density at radius 1 is 1.14 bits per heavy atom. The van der Waals surface area contributed by atoms with Gasteiger partial charge >= 0.3 is 5.97 Å². The molecule has 2 unspecified atom stereocenters. The molecule has 0 heterocycles. The fourth-order valence-corrected chi connectivity index (χ4v) is 2.22. The number of rotatable bonds is 7. The summed E-state index contributed by atoms with van der Waals surface area (Å²) in [6.45, 7) is 1.42. The maximum Gasteiger partial charge on any atom is 0.318 e. The lowest BCUT2D eigenvalue weighted by molar-refractivity contribution is -0.459. The fraction of sp³-hybridized carbons (Fsp3) is 0.667. The third-order valence-electron chi connectivity index (χ3n) is 2.92. The predicted molar refractivity (Wildman–Crippen MR) is 83.6 cm³/mol. The van der Waals surface area contributed by atoms with Gasteiger partial charge in [0.1, 0.15) is 25.8 Å². The maximum atomic E-state index is 12.0. The van der Waals surface area contributed by atoms with Gasteiger partial charge in [-0.25, -0.2) is 4.58 Å². The monoisotopic (exact) mass is 298 g/mol. The van der Waals surface area contributed by atoms with Gasteiger partial charge in [-0.1, -0.05) is 0 Å². The molecule has 0 aliphatic carbocycles. The highest BCUT2D eigenvalue weighted by molar-refractivity contribution is 6.00. The molecule has 0 bridgehead atoms. The summed E-state index contributed by atoms with van der Waals surface area (Å²) in [5, 5.41) is 0. The molecule has 0 N–H and O–H groups in total. The van der Waals surface area contributed by atoms with Gasteiger partial charge in [0.2, 0.25) is 0 Å². The zero-order valence-corrected chi connectivity index (χ0v) is 14.4. The van der Waals surface area contributed by atoms with E-state index in [2.05, 4.69) is 0 Å². The number of hydrogen-bond donors (Lipinski definition) is 0. The number of esters is 1. The molecule has 0 saturated carbocycles.